The molecule has 1 saturated heterocycles. The second-order valence-electron chi connectivity index (χ2n) is 4.02. The van der Waals surface area contributed by atoms with Crippen LogP contribution >= 0.6 is 0 Å². The topological polar surface area (TPSA) is 47.6 Å². The summed E-state index contributed by atoms with van der Waals surface area (Å²) in [6, 6.07) is 3.29. The molecular formula is C16H21NO3. The van der Waals surface area contributed by atoms with Crippen molar-refractivity contribution in [3.63, 3.8) is 0 Å². The van der Waals surface area contributed by atoms with Gasteiger partial charge in [-0.05, 0) is 43.2 Å². The Kier molecular flexibility index (Phi) is 1.41. The summed E-state index contributed by atoms with van der Waals surface area (Å²) in [5, 5.41) is 1.90. The Morgan fingerprint density at radius 3 is 2.80 bits per heavy atom. The van der Waals surface area contributed by atoms with E-state index < -0.39 is 62.0 Å². The van der Waals surface area contributed by atoms with Crippen molar-refractivity contribution >= 4 is 5.91 Å². The predicted octanol–water partition coefficient (Wildman–Crippen LogP) is 2.62. The summed E-state index contributed by atoms with van der Waals surface area (Å²) >= 11 is 0. The molecule has 1 unspecified atom stereocenters. The van der Waals surface area contributed by atoms with Crippen LogP contribution in [0.15, 0.2) is 18.2 Å². The average molecular weight is 288 g/mol. The van der Waals surface area contributed by atoms with Crippen LogP contribution in [0.2, 0.25) is 0 Å². The number of rotatable bonds is 4. The highest BCUT2D eigenvalue weighted by molar-refractivity contribution is 5.79. The van der Waals surface area contributed by atoms with E-state index in [0.717, 1.165) is 19.2 Å². The highest BCUT2D eigenvalue weighted by Gasteiger charge is 2.25. The SMILES string of the molecule is [2H]C1([2H])NC(=O)C([2H])([2H])C1c1ccc(OC)c(OC2([2H])C([2H])([2H])C([2H])([2H])C([2H])([2H])C2([2H])[2H])c1. The minimum Gasteiger partial charge on any atom is -0.493 e. The van der Waals surface area contributed by atoms with Crippen LogP contribution in [0.4, 0.5) is 0 Å². The highest BCUT2D eigenvalue weighted by atomic mass is 16.5. The molecule has 2 fully saturated rings. The van der Waals surface area contributed by atoms with Gasteiger partial charge in [-0.25, -0.2) is 0 Å². The van der Waals surface area contributed by atoms with E-state index in [-0.39, 0.29) is 11.3 Å². The number of ether oxygens (including phenoxy) is 2. The highest BCUT2D eigenvalue weighted by Crippen LogP contribution is 2.35. The van der Waals surface area contributed by atoms with Gasteiger partial charge in [0.25, 0.3) is 0 Å². The molecule has 4 nitrogen and oxygen atoms in total. The molecule has 1 amide bonds. The van der Waals surface area contributed by atoms with Crippen molar-refractivity contribution in [3.05, 3.63) is 23.8 Å². The summed E-state index contributed by atoms with van der Waals surface area (Å²) in [5.74, 6) is -3.74. The second-order valence-corrected chi connectivity index (χ2v) is 4.02. The maximum atomic E-state index is 12.0. The van der Waals surface area contributed by atoms with E-state index in [1.165, 1.54) is 6.07 Å². The number of benzene rings is 1. The first-order chi connectivity index (χ1) is 14.6. The zero-order chi connectivity index (χ0) is 25.6. The van der Waals surface area contributed by atoms with Gasteiger partial charge in [-0.1, -0.05) is 6.07 Å². The molecule has 1 N–H and O–H groups in total. The number of carbonyl (C=O) groups excluding carboxylic acids is 1. The molecule has 1 aliphatic heterocycles. The Bertz CT molecular complexity index is 968. The average Bonchev–Trinajstić information content (AvgIpc) is 2.85. The predicted molar refractivity (Wildman–Crippen MR) is 76.2 cm³/mol. The van der Waals surface area contributed by atoms with Gasteiger partial charge in [0.15, 0.2) is 11.5 Å². The lowest BCUT2D eigenvalue weighted by Crippen LogP contribution is -2.14. The van der Waals surface area contributed by atoms with Crippen LogP contribution in [0.1, 0.15) is 61.2 Å². The third-order valence-electron chi connectivity index (χ3n) is 2.75. The number of hydrogen-bond donors (Lipinski definition) is 1. The molecule has 0 radical (unpaired) electrons. The fourth-order valence-corrected chi connectivity index (χ4v) is 1.83. The first kappa shape index (κ1) is 4.93. The van der Waals surface area contributed by atoms with Crippen LogP contribution in [0.25, 0.3) is 0 Å². The molecule has 3 rings (SSSR count). The number of amides is 1. The lowest BCUT2D eigenvalue weighted by molar-refractivity contribution is -0.119. The second kappa shape index (κ2) is 5.73. The molecule has 4 heteroatoms. The Morgan fingerprint density at radius 1 is 1.35 bits per heavy atom. The van der Waals surface area contributed by atoms with Crippen LogP contribution in [-0.2, 0) is 4.79 Å². The maximum absolute atomic E-state index is 12.0. The van der Waals surface area contributed by atoms with Crippen LogP contribution in [-0.4, -0.2) is 25.6 Å². The molecule has 1 atom stereocenters. The quantitative estimate of drug-likeness (QED) is 0.926. The molecule has 1 saturated carbocycles. The van der Waals surface area contributed by atoms with Crippen molar-refractivity contribution in [2.75, 3.05) is 13.6 Å². The minimum absolute atomic E-state index is 0.173. The lowest BCUT2D eigenvalue weighted by Gasteiger charge is -2.18. The molecule has 0 bridgehead atoms. The van der Waals surface area contributed by atoms with Gasteiger partial charge in [0, 0.05) is 35.2 Å². The van der Waals surface area contributed by atoms with Gasteiger partial charge >= 0.3 is 0 Å². The zero-order valence-corrected chi connectivity index (χ0v) is 10.5. The monoisotopic (exact) mass is 288 g/mol. The Labute approximate surface area is 137 Å². The first-order valence-electron chi connectivity index (χ1n) is 12.3. The van der Waals surface area contributed by atoms with E-state index in [2.05, 4.69) is 0 Å². The van der Waals surface area contributed by atoms with Crippen LogP contribution in [0, 0.1) is 0 Å². The largest absolute Gasteiger partial charge is 0.493 e. The van der Waals surface area contributed by atoms with E-state index in [9.17, 15) is 4.79 Å². The van der Waals surface area contributed by atoms with Crippen LogP contribution in [0.3, 0.4) is 0 Å². The normalized spacial score (nSPS) is 49.1. The number of methoxy groups -OCH3 is 1. The molecule has 20 heavy (non-hydrogen) atoms. The van der Waals surface area contributed by atoms with Crippen LogP contribution < -0.4 is 14.8 Å². The summed E-state index contributed by atoms with van der Waals surface area (Å²) in [5.41, 5.74) is -0.173. The Hall–Kier alpha value is -1.71. The van der Waals surface area contributed by atoms with Gasteiger partial charge < -0.3 is 14.8 Å². The summed E-state index contributed by atoms with van der Waals surface area (Å²) < 4.78 is 115. The van der Waals surface area contributed by atoms with Crippen molar-refractivity contribution in [1.29, 1.82) is 0 Å². The summed E-state index contributed by atoms with van der Waals surface area (Å²) in [6.45, 7) is -2.54. The molecule has 0 spiro atoms. The van der Waals surface area contributed by atoms with Crippen molar-refractivity contribution in [1.82, 2.24) is 5.32 Å². The smallest absolute Gasteiger partial charge is 0.220 e. The van der Waals surface area contributed by atoms with Gasteiger partial charge in [-0.3, -0.25) is 4.79 Å². The van der Waals surface area contributed by atoms with Crippen molar-refractivity contribution in [3.8, 4) is 11.5 Å². The van der Waals surface area contributed by atoms with Gasteiger partial charge in [0.05, 0.1) is 14.6 Å². The lowest BCUT2D eigenvalue weighted by atomic mass is 9.98. The first-order valence-corrected chi connectivity index (χ1v) is 5.83. The molecule has 1 aliphatic carbocycles. The number of hydrogen-bond acceptors (Lipinski definition) is 3. The van der Waals surface area contributed by atoms with E-state index in [1.54, 1.807) is 0 Å². The fourth-order valence-electron chi connectivity index (χ4n) is 1.83. The molecule has 0 aromatic heterocycles. The number of carbonyl (C=O) groups is 1. The fraction of sp³-hybridized carbons (Fsp3) is 0.562. The van der Waals surface area contributed by atoms with E-state index in [1.807, 2.05) is 5.32 Å². The molecular weight excluding hydrogens is 254 g/mol. The standard InChI is InChI=1S/C16H21NO3/c1-19-14-7-6-11(12-9-16(18)17-10-12)8-15(14)20-13-4-2-3-5-13/h6-8,12-13H,2-5,9-10H2,1H3,(H,17,18)/i2D2,3D2,4D2,5D2,9D2,10D2,13D. The Balaban J connectivity index is 2.18. The van der Waals surface area contributed by atoms with Gasteiger partial charge in [-0.2, -0.15) is 0 Å². The minimum atomic E-state index is -3.53. The molecule has 1 aromatic rings. The maximum Gasteiger partial charge on any atom is 0.220 e. The third-order valence-corrected chi connectivity index (χ3v) is 2.75. The van der Waals surface area contributed by atoms with E-state index >= 15 is 0 Å². The Morgan fingerprint density at radius 2 is 2.15 bits per heavy atom. The zero-order valence-electron chi connectivity index (χ0n) is 23.5. The van der Waals surface area contributed by atoms with Crippen molar-refractivity contribution < 1.29 is 32.1 Å². The molecule has 1 heterocycles. The van der Waals surface area contributed by atoms with Gasteiger partial charge in [0.1, 0.15) is 0 Å². The van der Waals surface area contributed by atoms with Gasteiger partial charge in [-0.15, -0.1) is 0 Å². The van der Waals surface area contributed by atoms with Crippen molar-refractivity contribution in [2.24, 2.45) is 0 Å². The molecule has 108 valence electrons. The molecule has 1 aromatic carbocycles. The van der Waals surface area contributed by atoms with E-state index in [0.29, 0.717) is 0 Å². The summed E-state index contributed by atoms with van der Waals surface area (Å²) in [6.07, 6.45) is -20.2. The summed E-state index contributed by atoms with van der Waals surface area (Å²) in [4.78, 5) is 12.0. The van der Waals surface area contributed by atoms with E-state index in [4.69, 9.17) is 27.3 Å². The third kappa shape index (κ3) is 2.74. The van der Waals surface area contributed by atoms with Crippen LogP contribution in [0.5, 0.6) is 11.5 Å². The molecule has 2 aliphatic rings. The van der Waals surface area contributed by atoms with Crippen molar-refractivity contribution in [2.45, 2.75) is 43.9 Å². The number of nitrogens with one attached hydrogen (secondary N) is 1. The summed E-state index contributed by atoms with van der Waals surface area (Å²) in [7, 11) is 1.15. The van der Waals surface area contributed by atoms with Gasteiger partial charge in [0.2, 0.25) is 5.91 Å².